The monoisotopic (exact) mass is 440 g/mol. The average molecular weight is 441 g/mol. The lowest BCUT2D eigenvalue weighted by molar-refractivity contribution is -0.114. The fourth-order valence-electron chi connectivity index (χ4n) is 2.95. The Bertz CT molecular complexity index is 1330. The van der Waals surface area contributed by atoms with Crippen molar-refractivity contribution < 1.29 is 13.2 Å². The Morgan fingerprint density at radius 1 is 0.967 bits per heavy atom. The number of carbonyl (C=O) groups is 1. The van der Waals surface area contributed by atoms with Gasteiger partial charge in [-0.05, 0) is 66.7 Å². The number of aromatic amines is 1. The predicted molar refractivity (Wildman–Crippen MR) is 118 cm³/mol. The molecule has 0 aliphatic heterocycles. The lowest BCUT2D eigenvalue weighted by Crippen LogP contribution is -2.13. The molecule has 0 atom stereocenters. The summed E-state index contributed by atoms with van der Waals surface area (Å²) in [5, 5.41) is 3.22. The van der Waals surface area contributed by atoms with Gasteiger partial charge in [-0.25, -0.2) is 13.4 Å². The first-order chi connectivity index (χ1) is 14.3. The Hall–Kier alpha value is -3.36. The molecule has 1 amide bonds. The number of aromatic nitrogens is 2. The van der Waals surface area contributed by atoms with E-state index in [9.17, 15) is 13.2 Å². The number of halogens is 1. The minimum absolute atomic E-state index is 0.0924. The van der Waals surface area contributed by atoms with Gasteiger partial charge in [0, 0.05) is 28.9 Å². The normalized spacial score (nSPS) is 11.4. The van der Waals surface area contributed by atoms with Crippen molar-refractivity contribution >= 4 is 49.9 Å². The molecule has 0 saturated carbocycles. The van der Waals surface area contributed by atoms with Crippen LogP contribution in [-0.2, 0) is 14.8 Å². The number of anilines is 2. The highest BCUT2D eigenvalue weighted by Crippen LogP contribution is 2.25. The van der Waals surface area contributed by atoms with Crippen LogP contribution < -0.4 is 10.0 Å². The Morgan fingerprint density at radius 2 is 1.63 bits per heavy atom. The van der Waals surface area contributed by atoms with Crippen LogP contribution in [0.3, 0.4) is 0 Å². The second-order valence-electron chi connectivity index (χ2n) is 6.64. The zero-order valence-corrected chi connectivity index (χ0v) is 17.4. The van der Waals surface area contributed by atoms with Gasteiger partial charge in [0.2, 0.25) is 5.91 Å². The number of imidazole rings is 1. The number of nitrogens with zero attached hydrogens (tertiary/aromatic N) is 1. The number of amides is 1. The van der Waals surface area contributed by atoms with Crippen LogP contribution >= 0.6 is 11.6 Å². The predicted octanol–water partition coefficient (Wildman–Crippen LogP) is 4.64. The molecule has 30 heavy (non-hydrogen) atoms. The number of benzene rings is 3. The lowest BCUT2D eigenvalue weighted by Gasteiger charge is -2.09. The summed E-state index contributed by atoms with van der Waals surface area (Å²) >= 11 is 6.01. The lowest BCUT2D eigenvalue weighted by atomic mass is 10.2. The number of hydrogen-bond acceptors (Lipinski definition) is 4. The smallest absolute Gasteiger partial charge is 0.261 e. The van der Waals surface area contributed by atoms with E-state index in [1.807, 2.05) is 6.07 Å². The van der Waals surface area contributed by atoms with Crippen molar-refractivity contribution in [3.63, 3.8) is 0 Å². The third-order valence-corrected chi connectivity index (χ3v) is 5.97. The SMILES string of the molecule is CC(=O)Nc1ccc(S(=O)(=O)Nc2ccc(-c3nc4ccc(Cl)cc4[nH]3)cc2)cc1. The van der Waals surface area contributed by atoms with Crippen molar-refractivity contribution in [3.05, 3.63) is 71.8 Å². The number of fused-ring (bicyclic) bond motifs is 1. The van der Waals surface area contributed by atoms with Crippen molar-refractivity contribution in [2.45, 2.75) is 11.8 Å². The highest BCUT2D eigenvalue weighted by atomic mass is 35.5. The Labute approximate surface area is 178 Å². The van der Waals surface area contributed by atoms with Crippen molar-refractivity contribution in [1.82, 2.24) is 9.97 Å². The molecule has 0 fully saturated rings. The van der Waals surface area contributed by atoms with Gasteiger partial charge in [0.15, 0.2) is 0 Å². The largest absolute Gasteiger partial charge is 0.338 e. The van der Waals surface area contributed by atoms with Gasteiger partial charge in [-0.15, -0.1) is 0 Å². The molecule has 9 heteroatoms. The van der Waals surface area contributed by atoms with Gasteiger partial charge in [0.25, 0.3) is 10.0 Å². The topological polar surface area (TPSA) is 104 Å². The van der Waals surface area contributed by atoms with Crippen LogP contribution in [0, 0.1) is 0 Å². The van der Waals surface area contributed by atoms with E-state index in [2.05, 4.69) is 20.0 Å². The van der Waals surface area contributed by atoms with Gasteiger partial charge in [0.05, 0.1) is 15.9 Å². The maximum Gasteiger partial charge on any atom is 0.261 e. The molecule has 0 spiro atoms. The zero-order valence-electron chi connectivity index (χ0n) is 15.8. The zero-order chi connectivity index (χ0) is 21.3. The first-order valence-electron chi connectivity index (χ1n) is 8.96. The molecule has 7 nitrogen and oxygen atoms in total. The molecule has 4 aromatic rings. The number of hydrogen-bond donors (Lipinski definition) is 3. The molecule has 0 saturated heterocycles. The summed E-state index contributed by atoms with van der Waals surface area (Å²) in [5.41, 5.74) is 3.37. The first-order valence-corrected chi connectivity index (χ1v) is 10.8. The van der Waals surface area contributed by atoms with Crippen LogP contribution in [0.4, 0.5) is 11.4 Å². The highest BCUT2D eigenvalue weighted by Gasteiger charge is 2.14. The average Bonchev–Trinajstić information content (AvgIpc) is 3.11. The summed E-state index contributed by atoms with van der Waals surface area (Å²) < 4.78 is 27.8. The maximum atomic E-state index is 12.6. The number of H-pyrrole nitrogens is 1. The van der Waals surface area contributed by atoms with Crippen LogP contribution in [0.5, 0.6) is 0 Å². The fraction of sp³-hybridized carbons (Fsp3) is 0.0476. The van der Waals surface area contributed by atoms with Crippen LogP contribution in [0.15, 0.2) is 71.6 Å². The summed E-state index contributed by atoms with van der Waals surface area (Å²) in [6.45, 7) is 1.39. The molecule has 3 aromatic carbocycles. The fourth-order valence-corrected chi connectivity index (χ4v) is 4.18. The molecule has 3 N–H and O–H groups in total. The van der Waals surface area contributed by atoms with E-state index < -0.39 is 10.0 Å². The molecular weight excluding hydrogens is 424 g/mol. The maximum absolute atomic E-state index is 12.6. The first kappa shape index (κ1) is 19.9. The van der Waals surface area contributed by atoms with Crippen molar-refractivity contribution in [2.75, 3.05) is 10.0 Å². The van der Waals surface area contributed by atoms with Crippen molar-refractivity contribution in [1.29, 1.82) is 0 Å². The van der Waals surface area contributed by atoms with E-state index in [-0.39, 0.29) is 10.8 Å². The van der Waals surface area contributed by atoms with Crippen LogP contribution in [0.25, 0.3) is 22.4 Å². The Balaban J connectivity index is 1.52. The molecule has 0 aliphatic rings. The van der Waals surface area contributed by atoms with Gasteiger partial charge >= 0.3 is 0 Å². The Kier molecular flexibility index (Phi) is 5.19. The molecular formula is C21H17ClN4O3S. The standard InChI is InChI=1S/C21H17ClN4O3S/c1-13(27)23-16-7-9-18(10-8-16)30(28,29)26-17-5-2-14(3-6-17)21-24-19-11-4-15(22)12-20(19)25-21/h2-12,26H,1H3,(H,23,27)(H,24,25). The summed E-state index contributed by atoms with van der Waals surface area (Å²) in [7, 11) is -3.76. The second-order valence-corrected chi connectivity index (χ2v) is 8.75. The second kappa shape index (κ2) is 7.81. The number of sulfonamides is 1. The van der Waals surface area contributed by atoms with E-state index >= 15 is 0 Å². The van der Waals surface area contributed by atoms with Crippen molar-refractivity contribution in [3.8, 4) is 11.4 Å². The molecule has 0 aliphatic carbocycles. The third kappa shape index (κ3) is 4.29. The Morgan fingerprint density at radius 3 is 2.30 bits per heavy atom. The van der Waals surface area contributed by atoms with E-state index in [1.54, 1.807) is 36.4 Å². The minimum Gasteiger partial charge on any atom is -0.338 e. The van der Waals surface area contributed by atoms with E-state index in [0.717, 1.165) is 16.6 Å². The summed E-state index contributed by atoms with van der Waals surface area (Å²) in [6.07, 6.45) is 0. The molecule has 152 valence electrons. The van der Waals surface area contributed by atoms with Gasteiger partial charge in [-0.1, -0.05) is 11.6 Å². The minimum atomic E-state index is -3.76. The van der Waals surface area contributed by atoms with E-state index in [1.165, 1.54) is 31.2 Å². The number of rotatable bonds is 5. The summed E-state index contributed by atoms with van der Waals surface area (Å²) in [4.78, 5) is 18.9. The summed E-state index contributed by atoms with van der Waals surface area (Å²) in [5.74, 6) is 0.437. The highest BCUT2D eigenvalue weighted by molar-refractivity contribution is 7.92. The summed E-state index contributed by atoms with van der Waals surface area (Å²) in [6, 6.07) is 18.2. The van der Waals surface area contributed by atoms with Gasteiger partial charge in [-0.3, -0.25) is 9.52 Å². The third-order valence-electron chi connectivity index (χ3n) is 4.34. The number of nitrogens with one attached hydrogen (secondary N) is 3. The van der Waals surface area contributed by atoms with Crippen molar-refractivity contribution in [2.24, 2.45) is 0 Å². The quantitative estimate of drug-likeness (QED) is 0.420. The van der Waals surface area contributed by atoms with E-state index in [0.29, 0.717) is 22.2 Å². The van der Waals surface area contributed by atoms with Gasteiger partial charge in [0.1, 0.15) is 5.82 Å². The molecule has 0 radical (unpaired) electrons. The molecule has 1 aromatic heterocycles. The molecule has 0 bridgehead atoms. The van der Waals surface area contributed by atoms with E-state index in [4.69, 9.17) is 11.6 Å². The van der Waals surface area contributed by atoms with Gasteiger partial charge in [-0.2, -0.15) is 0 Å². The molecule has 0 unspecified atom stereocenters. The van der Waals surface area contributed by atoms with Gasteiger partial charge < -0.3 is 10.3 Å². The molecule has 1 heterocycles. The molecule has 4 rings (SSSR count). The van der Waals surface area contributed by atoms with Crippen LogP contribution in [0.1, 0.15) is 6.92 Å². The van der Waals surface area contributed by atoms with Crippen LogP contribution in [0.2, 0.25) is 5.02 Å². The van der Waals surface area contributed by atoms with Crippen LogP contribution in [-0.4, -0.2) is 24.3 Å². The number of carbonyl (C=O) groups excluding carboxylic acids is 1.